The number of ether oxygens (including phenoxy) is 4. The summed E-state index contributed by atoms with van der Waals surface area (Å²) in [6.45, 7) is 11.8. The number of aromatic amines is 1. The van der Waals surface area contributed by atoms with Gasteiger partial charge in [-0.3, -0.25) is 9.80 Å². The molecular formula is C32H49N12O8-. The summed E-state index contributed by atoms with van der Waals surface area (Å²) in [6, 6.07) is 3.12. The van der Waals surface area contributed by atoms with Crippen LogP contribution in [0.15, 0.2) is 62.6 Å². The zero-order chi connectivity index (χ0) is 38.8. The second-order valence-electron chi connectivity index (χ2n) is 13.4. The van der Waals surface area contributed by atoms with Crippen molar-refractivity contribution in [1.82, 2.24) is 25.0 Å². The zero-order valence-corrected chi connectivity index (χ0v) is 30.6. The van der Waals surface area contributed by atoms with Crippen LogP contribution in [0.4, 0.5) is 14.4 Å². The third-order valence-electron chi connectivity index (χ3n) is 7.00. The Balaban J connectivity index is 0.000000224. The smallest absolute Gasteiger partial charge is 0.417 e. The molecule has 0 spiro atoms. The molecule has 3 amide bonds. The molecule has 5 rings (SSSR count). The lowest BCUT2D eigenvalue weighted by atomic mass is 10.1. The number of hydrogen-bond acceptors (Lipinski definition) is 14. The van der Waals surface area contributed by atoms with Crippen LogP contribution in [0.25, 0.3) is 0 Å². The number of amides is 3. The van der Waals surface area contributed by atoms with Gasteiger partial charge in [-0.15, -0.1) is 0 Å². The molecule has 4 atom stereocenters. The van der Waals surface area contributed by atoms with E-state index in [-0.39, 0.29) is 23.9 Å². The molecular weight excluding hydrogens is 680 g/mol. The van der Waals surface area contributed by atoms with E-state index in [1.54, 1.807) is 53.7 Å². The Labute approximate surface area is 302 Å². The molecule has 0 saturated carbocycles. The molecule has 0 saturated heterocycles. The number of guanidine groups is 3. The van der Waals surface area contributed by atoms with Crippen molar-refractivity contribution in [2.45, 2.75) is 83.7 Å². The van der Waals surface area contributed by atoms with Crippen molar-refractivity contribution in [3.05, 3.63) is 48.3 Å². The molecule has 20 nitrogen and oxygen atoms in total. The number of rotatable bonds is 2. The number of carbonyl (C=O) groups is 3. The minimum atomic E-state index is -0.721. The van der Waals surface area contributed by atoms with Gasteiger partial charge in [-0.1, -0.05) is 45.1 Å². The highest BCUT2D eigenvalue weighted by Gasteiger charge is 2.45. The average molecular weight is 730 g/mol. The van der Waals surface area contributed by atoms with Gasteiger partial charge < -0.3 is 51.6 Å². The summed E-state index contributed by atoms with van der Waals surface area (Å²) in [4.78, 5) is 58.8. The first-order chi connectivity index (χ1) is 24.3. The summed E-state index contributed by atoms with van der Waals surface area (Å²) in [7, 11) is 2.61. The monoisotopic (exact) mass is 729 g/mol. The maximum Gasteiger partial charge on any atom is 0.417 e. The van der Waals surface area contributed by atoms with E-state index in [9.17, 15) is 19.5 Å². The zero-order valence-electron chi connectivity index (χ0n) is 30.6. The molecule has 0 fully saturated rings. The molecule has 0 bridgehead atoms. The summed E-state index contributed by atoms with van der Waals surface area (Å²) in [5.74, 6) is 0.300. The molecule has 5 heterocycles. The molecule has 8 N–H and O–H groups in total. The third kappa shape index (κ3) is 11.6. The number of nitrogens with one attached hydrogen (secondary N) is 2. The third-order valence-corrected chi connectivity index (χ3v) is 7.00. The second kappa shape index (κ2) is 17.3. The van der Waals surface area contributed by atoms with Gasteiger partial charge in [0.15, 0.2) is 24.4 Å². The van der Waals surface area contributed by atoms with E-state index in [1.165, 1.54) is 28.9 Å². The summed E-state index contributed by atoms with van der Waals surface area (Å²) < 4.78 is 19.9. The Hall–Kier alpha value is -5.95. The Morgan fingerprint density at radius 2 is 1.52 bits per heavy atom. The number of aliphatic imine (C=N–C) groups is 4. The number of nitrogens with two attached hydrogens (primary N) is 3. The number of fused-ring (bicyclic) bond motifs is 2. The summed E-state index contributed by atoms with van der Waals surface area (Å²) >= 11 is 0. The Kier molecular flexibility index (Phi) is 13.5. The second-order valence-corrected chi connectivity index (χ2v) is 13.4. The minimum Gasteiger partial charge on any atom is -0.594 e. The summed E-state index contributed by atoms with van der Waals surface area (Å²) in [5.41, 5.74) is 15.8. The molecule has 286 valence electrons. The summed E-state index contributed by atoms with van der Waals surface area (Å²) in [6.07, 6.45) is 5.74. The van der Waals surface area contributed by atoms with Crippen LogP contribution >= 0.6 is 0 Å². The van der Waals surface area contributed by atoms with E-state index in [1.807, 2.05) is 30.5 Å². The predicted molar refractivity (Wildman–Crippen MR) is 190 cm³/mol. The lowest BCUT2D eigenvalue weighted by Crippen LogP contribution is -2.54. The average Bonchev–Trinajstić information content (AvgIpc) is 3.79. The lowest BCUT2D eigenvalue weighted by molar-refractivity contribution is -0.259. The SMILES string of the molecule is COC(=O)N1CC=C[C@@H]2[C@H]1N=C(N)N2C(=O)OC(C)(C)C.COC(=O)N1CC=C[C@H]2NC(N=C([O-])OC(C)(C)C)=N[C@H]21.NC(N)=NCc1ccc[nH]1. The highest BCUT2D eigenvalue weighted by molar-refractivity contribution is 5.96. The largest absolute Gasteiger partial charge is 0.594 e. The molecule has 0 aliphatic carbocycles. The fourth-order valence-corrected chi connectivity index (χ4v) is 4.93. The number of hydrogen-bond donors (Lipinski definition) is 5. The van der Waals surface area contributed by atoms with Crippen LogP contribution in [0.3, 0.4) is 0 Å². The first-order valence-corrected chi connectivity index (χ1v) is 16.2. The maximum absolute atomic E-state index is 12.2. The lowest BCUT2D eigenvalue weighted by Gasteiger charge is -2.34. The molecule has 0 unspecified atom stereocenters. The van der Waals surface area contributed by atoms with Crippen LogP contribution in [-0.2, 0) is 25.5 Å². The van der Waals surface area contributed by atoms with Gasteiger partial charge in [0.2, 0.25) is 11.9 Å². The van der Waals surface area contributed by atoms with Gasteiger partial charge in [-0.05, 0) is 32.9 Å². The predicted octanol–water partition coefficient (Wildman–Crippen LogP) is 0.483. The van der Waals surface area contributed by atoms with Gasteiger partial charge in [0, 0.05) is 30.6 Å². The van der Waals surface area contributed by atoms with Crippen molar-refractivity contribution in [1.29, 1.82) is 0 Å². The normalized spacial score (nSPS) is 21.8. The highest BCUT2D eigenvalue weighted by Crippen LogP contribution is 2.26. The Bertz CT molecular complexity index is 1590. The van der Waals surface area contributed by atoms with Crippen LogP contribution in [-0.4, -0.2) is 125 Å². The fourth-order valence-electron chi connectivity index (χ4n) is 4.93. The van der Waals surface area contributed by atoms with Crippen molar-refractivity contribution in [3.63, 3.8) is 0 Å². The summed E-state index contributed by atoms with van der Waals surface area (Å²) in [5, 5.41) is 14.6. The Morgan fingerprint density at radius 3 is 2.06 bits per heavy atom. The van der Waals surface area contributed by atoms with Gasteiger partial charge >= 0.3 is 18.3 Å². The van der Waals surface area contributed by atoms with Crippen molar-refractivity contribution < 1.29 is 38.4 Å². The van der Waals surface area contributed by atoms with E-state index >= 15 is 0 Å². The van der Waals surface area contributed by atoms with E-state index < -0.39 is 53.9 Å². The first-order valence-electron chi connectivity index (χ1n) is 16.2. The maximum atomic E-state index is 12.2. The van der Waals surface area contributed by atoms with E-state index in [2.05, 4.69) is 30.3 Å². The molecule has 0 aromatic carbocycles. The van der Waals surface area contributed by atoms with Crippen LogP contribution in [0.1, 0.15) is 47.2 Å². The van der Waals surface area contributed by atoms with E-state index in [0.717, 1.165) is 5.69 Å². The number of aromatic nitrogens is 1. The first kappa shape index (κ1) is 40.5. The van der Waals surface area contributed by atoms with E-state index in [0.29, 0.717) is 19.6 Å². The molecule has 4 aliphatic heterocycles. The topological polar surface area (TPSA) is 276 Å². The molecule has 1 aromatic rings. The van der Waals surface area contributed by atoms with Gasteiger partial charge in [-0.2, -0.15) is 4.99 Å². The van der Waals surface area contributed by atoms with Crippen LogP contribution in [0, 0.1) is 0 Å². The van der Waals surface area contributed by atoms with Gasteiger partial charge in [-0.25, -0.2) is 34.3 Å². The minimum absolute atomic E-state index is 0.0275. The molecule has 20 heteroatoms. The molecule has 1 aromatic heterocycles. The number of nitrogens with zero attached hydrogens (tertiary/aromatic N) is 7. The van der Waals surface area contributed by atoms with Crippen LogP contribution in [0.5, 0.6) is 0 Å². The van der Waals surface area contributed by atoms with Crippen molar-refractivity contribution >= 4 is 42.2 Å². The highest BCUT2D eigenvalue weighted by atomic mass is 16.6. The standard InChI is InChI=1S/2C13H20N4O4.C6H10N4/c1-13(2,3)21-12(19)17-8-6-5-7-16(11(18)20-4)9(8)15-10(17)14;1-13(2,3)21-11(18)16-10-14-8-6-5-7-17(9(8)15-10)12(19)20-4;7-6(8)10-4-5-2-1-3-9-5/h5-6,8-9H,7H2,1-4H3,(H2,14,15);5-6,8-9H,7H2,1-4H3,(H2,14,15,16,18);1-3,9H,4H2,(H4,7,8,10)/p-1/t2*8-,9+;/m11./s1. The molecule has 0 radical (unpaired) electrons. The van der Waals surface area contributed by atoms with Gasteiger partial charge in [0.1, 0.15) is 11.6 Å². The Morgan fingerprint density at radius 1 is 0.923 bits per heavy atom. The van der Waals surface area contributed by atoms with Crippen LogP contribution in [0.2, 0.25) is 0 Å². The molecule has 4 aliphatic rings. The van der Waals surface area contributed by atoms with Crippen molar-refractivity contribution in [3.8, 4) is 0 Å². The van der Waals surface area contributed by atoms with Gasteiger partial charge in [0.25, 0.3) is 0 Å². The van der Waals surface area contributed by atoms with E-state index in [4.69, 9.17) is 36.1 Å². The van der Waals surface area contributed by atoms with Crippen molar-refractivity contribution in [2.75, 3.05) is 27.3 Å². The van der Waals surface area contributed by atoms with Crippen LogP contribution < -0.4 is 27.6 Å². The van der Waals surface area contributed by atoms with Crippen molar-refractivity contribution in [2.24, 2.45) is 37.2 Å². The number of methoxy groups -OCH3 is 2. The number of carbonyl (C=O) groups excluding carboxylic acids is 3. The quantitative estimate of drug-likeness (QED) is 0.120. The van der Waals surface area contributed by atoms with Gasteiger partial charge in [0.05, 0.1) is 26.8 Å². The molecule has 52 heavy (non-hydrogen) atoms. The number of H-pyrrole nitrogens is 1. The fraction of sp³-hybridized carbons (Fsp3) is 0.531.